The molecule has 1 aromatic heterocycles. The maximum absolute atomic E-state index is 9.89. The molecule has 5 rings (SSSR count). The van der Waals surface area contributed by atoms with Gasteiger partial charge in [0.15, 0.2) is 0 Å². The van der Waals surface area contributed by atoms with Crippen molar-refractivity contribution in [3.05, 3.63) is 120 Å². The van der Waals surface area contributed by atoms with E-state index in [9.17, 15) is 5.26 Å². The number of ether oxygens (including phenoxy) is 2. The van der Waals surface area contributed by atoms with Crippen molar-refractivity contribution < 1.29 is 9.47 Å². The molecule has 0 saturated carbocycles. The lowest BCUT2D eigenvalue weighted by atomic mass is 10.1. The van der Waals surface area contributed by atoms with Crippen LogP contribution in [0.2, 0.25) is 0 Å². The molecule has 0 aliphatic heterocycles. The number of hydrogen-bond donors (Lipinski definition) is 1. The number of rotatable bonds is 7. The SMILES string of the molecule is N#Cc1c(-c2ccc(OCc3ccccc3)cc2)[nH]c2ccc(OCc3ccccc3)cc12. The highest BCUT2D eigenvalue weighted by atomic mass is 16.5. The Morgan fingerprint density at radius 1 is 0.667 bits per heavy atom. The van der Waals surface area contributed by atoms with Crippen molar-refractivity contribution in [2.24, 2.45) is 0 Å². The molecule has 0 bridgehead atoms. The van der Waals surface area contributed by atoms with Crippen molar-refractivity contribution in [3.63, 3.8) is 0 Å². The third kappa shape index (κ3) is 4.58. The molecule has 1 N–H and O–H groups in total. The molecule has 4 heteroatoms. The number of H-pyrrole nitrogens is 1. The second kappa shape index (κ2) is 9.33. The molecule has 4 nitrogen and oxygen atoms in total. The fourth-order valence-corrected chi connectivity index (χ4v) is 3.79. The zero-order valence-electron chi connectivity index (χ0n) is 18.0. The van der Waals surface area contributed by atoms with E-state index in [1.807, 2.05) is 103 Å². The number of aromatic amines is 1. The van der Waals surface area contributed by atoms with Gasteiger partial charge in [0.2, 0.25) is 0 Å². The average Bonchev–Trinajstić information content (AvgIpc) is 3.25. The van der Waals surface area contributed by atoms with Gasteiger partial charge in [-0.1, -0.05) is 60.7 Å². The molecule has 0 aliphatic carbocycles. The van der Waals surface area contributed by atoms with Gasteiger partial charge in [0, 0.05) is 10.9 Å². The molecular formula is C29H22N2O2. The molecule has 0 saturated heterocycles. The fourth-order valence-electron chi connectivity index (χ4n) is 3.79. The highest BCUT2D eigenvalue weighted by Crippen LogP contribution is 2.33. The fraction of sp³-hybridized carbons (Fsp3) is 0.0690. The van der Waals surface area contributed by atoms with Gasteiger partial charge in [-0.25, -0.2) is 0 Å². The molecule has 4 aromatic carbocycles. The van der Waals surface area contributed by atoms with Crippen LogP contribution in [-0.4, -0.2) is 4.98 Å². The number of nitriles is 1. The van der Waals surface area contributed by atoms with E-state index in [1.165, 1.54) is 0 Å². The van der Waals surface area contributed by atoms with E-state index >= 15 is 0 Å². The largest absolute Gasteiger partial charge is 0.489 e. The Morgan fingerprint density at radius 2 is 1.24 bits per heavy atom. The molecule has 0 amide bonds. The van der Waals surface area contributed by atoms with Crippen LogP contribution in [0.3, 0.4) is 0 Å². The van der Waals surface area contributed by atoms with Crippen molar-refractivity contribution >= 4 is 10.9 Å². The van der Waals surface area contributed by atoms with Gasteiger partial charge in [-0.15, -0.1) is 0 Å². The van der Waals surface area contributed by atoms with Gasteiger partial charge in [0.25, 0.3) is 0 Å². The minimum Gasteiger partial charge on any atom is -0.489 e. The molecule has 0 radical (unpaired) electrons. The van der Waals surface area contributed by atoms with Gasteiger partial charge >= 0.3 is 0 Å². The predicted molar refractivity (Wildman–Crippen MR) is 130 cm³/mol. The first kappa shape index (κ1) is 20.4. The van der Waals surface area contributed by atoms with Crippen LogP contribution < -0.4 is 9.47 Å². The number of nitrogens with one attached hydrogen (secondary N) is 1. The van der Waals surface area contributed by atoms with Crippen molar-refractivity contribution in [2.75, 3.05) is 0 Å². The summed E-state index contributed by atoms with van der Waals surface area (Å²) < 4.78 is 11.8. The first-order chi connectivity index (χ1) is 16.3. The Balaban J connectivity index is 1.36. The maximum Gasteiger partial charge on any atom is 0.120 e. The van der Waals surface area contributed by atoms with Gasteiger partial charge in [-0.05, 0) is 59.2 Å². The Labute approximate surface area is 192 Å². The second-order valence-electron chi connectivity index (χ2n) is 7.77. The van der Waals surface area contributed by atoms with E-state index in [4.69, 9.17) is 9.47 Å². The van der Waals surface area contributed by atoms with E-state index < -0.39 is 0 Å². The Bertz CT molecular complexity index is 1400. The summed E-state index contributed by atoms with van der Waals surface area (Å²) in [6, 6.07) is 36.1. The molecule has 1 heterocycles. The predicted octanol–water partition coefficient (Wildman–Crippen LogP) is 6.86. The highest BCUT2D eigenvalue weighted by molar-refractivity contribution is 5.94. The quantitative estimate of drug-likeness (QED) is 0.307. The topological polar surface area (TPSA) is 58.0 Å². The molecular weight excluding hydrogens is 408 g/mol. The number of benzene rings is 4. The molecule has 160 valence electrons. The number of nitrogens with zero attached hydrogens (tertiary/aromatic N) is 1. The highest BCUT2D eigenvalue weighted by Gasteiger charge is 2.14. The van der Waals surface area contributed by atoms with Gasteiger partial charge in [0.05, 0.1) is 11.3 Å². The summed E-state index contributed by atoms with van der Waals surface area (Å²) >= 11 is 0. The first-order valence-electron chi connectivity index (χ1n) is 10.8. The summed E-state index contributed by atoms with van der Waals surface area (Å²) in [5.74, 6) is 1.52. The van der Waals surface area contributed by atoms with Gasteiger partial charge in [-0.2, -0.15) is 5.26 Å². The van der Waals surface area contributed by atoms with Crippen LogP contribution in [-0.2, 0) is 13.2 Å². The van der Waals surface area contributed by atoms with Crippen LogP contribution in [0, 0.1) is 11.3 Å². The van der Waals surface area contributed by atoms with Crippen molar-refractivity contribution in [2.45, 2.75) is 13.2 Å². The van der Waals surface area contributed by atoms with Crippen molar-refractivity contribution in [1.82, 2.24) is 4.98 Å². The Kier molecular flexibility index (Phi) is 5.77. The smallest absolute Gasteiger partial charge is 0.120 e. The summed E-state index contributed by atoms with van der Waals surface area (Å²) in [5, 5.41) is 10.7. The van der Waals surface area contributed by atoms with Crippen LogP contribution in [0.1, 0.15) is 16.7 Å². The second-order valence-corrected chi connectivity index (χ2v) is 7.77. The minimum atomic E-state index is 0.482. The summed E-state index contributed by atoms with van der Waals surface area (Å²) in [6.07, 6.45) is 0. The molecule has 0 spiro atoms. The number of aromatic nitrogens is 1. The molecule has 0 atom stereocenters. The maximum atomic E-state index is 9.89. The zero-order valence-corrected chi connectivity index (χ0v) is 18.0. The van der Waals surface area contributed by atoms with E-state index in [0.717, 1.165) is 44.8 Å². The Hall–Kier alpha value is -4.49. The third-order valence-electron chi connectivity index (χ3n) is 5.52. The van der Waals surface area contributed by atoms with Crippen LogP contribution in [0.5, 0.6) is 11.5 Å². The van der Waals surface area contributed by atoms with Gasteiger partial charge in [-0.3, -0.25) is 0 Å². The monoisotopic (exact) mass is 430 g/mol. The molecule has 0 fully saturated rings. The van der Waals surface area contributed by atoms with Crippen LogP contribution in [0.4, 0.5) is 0 Å². The van der Waals surface area contributed by atoms with Crippen molar-refractivity contribution in [3.8, 4) is 28.8 Å². The van der Waals surface area contributed by atoms with Gasteiger partial charge < -0.3 is 14.5 Å². The van der Waals surface area contributed by atoms with Gasteiger partial charge in [0.1, 0.15) is 30.8 Å². The van der Waals surface area contributed by atoms with Crippen LogP contribution in [0.25, 0.3) is 22.2 Å². The minimum absolute atomic E-state index is 0.482. The normalized spacial score (nSPS) is 10.6. The third-order valence-corrected chi connectivity index (χ3v) is 5.52. The number of fused-ring (bicyclic) bond motifs is 1. The standard InChI is InChI=1S/C29H22N2O2/c30-18-27-26-17-25(33-20-22-9-5-2-6-10-22)15-16-28(26)31-29(27)23-11-13-24(14-12-23)32-19-21-7-3-1-4-8-21/h1-17,31H,19-20H2. The lowest BCUT2D eigenvalue weighted by molar-refractivity contribution is 0.306. The average molecular weight is 431 g/mol. The zero-order chi connectivity index (χ0) is 22.5. The number of hydrogen-bond acceptors (Lipinski definition) is 3. The van der Waals surface area contributed by atoms with Crippen molar-refractivity contribution in [1.29, 1.82) is 5.26 Å². The Morgan fingerprint density at radius 3 is 1.85 bits per heavy atom. The van der Waals surface area contributed by atoms with Crippen LogP contribution in [0.15, 0.2) is 103 Å². The van der Waals surface area contributed by atoms with E-state index in [-0.39, 0.29) is 0 Å². The summed E-state index contributed by atoms with van der Waals surface area (Å²) in [4.78, 5) is 3.39. The molecule has 0 aliphatic rings. The first-order valence-corrected chi connectivity index (χ1v) is 10.8. The lowest BCUT2D eigenvalue weighted by Crippen LogP contribution is -1.94. The van der Waals surface area contributed by atoms with Crippen LogP contribution >= 0.6 is 0 Å². The summed E-state index contributed by atoms with van der Waals surface area (Å²) in [7, 11) is 0. The molecule has 5 aromatic rings. The summed E-state index contributed by atoms with van der Waals surface area (Å²) in [5.41, 5.74) is 5.45. The summed E-state index contributed by atoms with van der Waals surface area (Å²) in [6.45, 7) is 0.998. The molecule has 0 unspecified atom stereocenters. The van der Waals surface area contributed by atoms with E-state index in [2.05, 4.69) is 11.1 Å². The molecule has 33 heavy (non-hydrogen) atoms. The van der Waals surface area contributed by atoms with E-state index in [1.54, 1.807) is 0 Å². The van der Waals surface area contributed by atoms with E-state index in [0.29, 0.717) is 18.8 Å². The lowest BCUT2D eigenvalue weighted by Gasteiger charge is -2.07.